The first-order chi connectivity index (χ1) is 7.70. The number of nitrogens with zero attached hydrogens (tertiary/aromatic N) is 1. The Morgan fingerprint density at radius 2 is 2.25 bits per heavy atom. The lowest BCUT2D eigenvalue weighted by Gasteiger charge is -2.45. The molecular formula is C12H21NO3. The van der Waals surface area contributed by atoms with Crippen LogP contribution in [0.4, 0.5) is 0 Å². The molecule has 2 unspecified atom stereocenters. The molecule has 0 radical (unpaired) electrons. The molecule has 0 saturated carbocycles. The molecule has 0 amide bonds. The lowest BCUT2D eigenvalue weighted by molar-refractivity contribution is -0.150. The summed E-state index contributed by atoms with van der Waals surface area (Å²) in [5.74, 6) is -0.777. The molecule has 0 aromatic carbocycles. The maximum Gasteiger partial charge on any atom is 0.309 e. The van der Waals surface area contributed by atoms with Crippen LogP contribution in [0.2, 0.25) is 0 Å². The van der Waals surface area contributed by atoms with Crippen molar-refractivity contribution in [1.82, 2.24) is 4.90 Å². The zero-order valence-corrected chi connectivity index (χ0v) is 9.89. The molecular weight excluding hydrogens is 206 g/mol. The molecule has 2 heterocycles. The molecule has 4 nitrogen and oxygen atoms in total. The van der Waals surface area contributed by atoms with Crippen LogP contribution in [0.25, 0.3) is 0 Å². The molecule has 0 aromatic heterocycles. The fourth-order valence-corrected chi connectivity index (χ4v) is 2.68. The predicted molar refractivity (Wildman–Crippen MR) is 60.4 cm³/mol. The van der Waals surface area contributed by atoms with Gasteiger partial charge in [-0.25, -0.2) is 0 Å². The number of aliphatic carboxylic acids is 1. The van der Waals surface area contributed by atoms with Crippen molar-refractivity contribution in [3.63, 3.8) is 0 Å². The third kappa shape index (κ3) is 2.55. The summed E-state index contributed by atoms with van der Waals surface area (Å²) >= 11 is 0. The average molecular weight is 227 g/mol. The van der Waals surface area contributed by atoms with Gasteiger partial charge in [0, 0.05) is 25.7 Å². The zero-order chi connectivity index (χ0) is 11.5. The van der Waals surface area contributed by atoms with E-state index < -0.39 is 5.97 Å². The van der Waals surface area contributed by atoms with E-state index in [9.17, 15) is 4.79 Å². The largest absolute Gasteiger partial charge is 0.481 e. The second-order valence-corrected chi connectivity index (χ2v) is 4.95. The molecule has 92 valence electrons. The smallest absolute Gasteiger partial charge is 0.309 e. The molecule has 0 spiro atoms. The normalized spacial score (nSPS) is 32.3. The fraction of sp³-hybridized carbons (Fsp3) is 0.917. The van der Waals surface area contributed by atoms with E-state index in [0.29, 0.717) is 12.1 Å². The highest BCUT2D eigenvalue weighted by Gasteiger charge is 2.38. The van der Waals surface area contributed by atoms with Gasteiger partial charge in [-0.1, -0.05) is 13.3 Å². The van der Waals surface area contributed by atoms with Crippen LogP contribution in [-0.2, 0) is 9.53 Å². The minimum Gasteiger partial charge on any atom is -0.481 e. The van der Waals surface area contributed by atoms with Crippen LogP contribution in [0.5, 0.6) is 0 Å². The van der Waals surface area contributed by atoms with Crippen molar-refractivity contribution >= 4 is 5.97 Å². The van der Waals surface area contributed by atoms with Gasteiger partial charge in [-0.2, -0.15) is 0 Å². The van der Waals surface area contributed by atoms with E-state index in [-0.39, 0.29) is 5.92 Å². The van der Waals surface area contributed by atoms with Crippen LogP contribution in [-0.4, -0.2) is 47.8 Å². The van der Waals surface area contributed by atoms with Gasteiger partial charge in [-0.3, -0.25) is 9.69 Å². The number of rotatable bonds is 4. The van der Waals surface area contributed by atoms with E-state index >= 15 is 0 Å². The van der Waals surface area contributed by atoms with Gasteiger partial charge in [0.25, 0.3) is 0 Å². The number of carbonyl (C=O) groups is 1. The molecule has 2 rings (SSSR count). The van der Waals surface area contributed by atoms with Crippen molar-refractivity contribution in [3.05, 3.63) is 0 Å². The Bertz CT molecular complexity index is 249. The van der Waals surface area contributed by atoms with Gasteiger partial charge in [-0.15, -0.1) is 0 Å². The van der Waals surface area contributed by atoms with Crippen molar-refractivity contribution in [3.8, 4) is 0 Å². The van der Waals surface area contributed by atoms with E-state index in [4.69, 9.17) is 9.84 Å². The van der Waals surface area contributed by atoms with Crippen LogP contribution in [0.1, 0.15) is 32.6 Å². The maximum absolute atomic E-state index is 10.7. The van der Waals surface area contributed by atoms with Crippen molar-refractivity contribution in [1.29, 1.82) is 0 Å². The van der Waals surface area contributed by atoms with E-state index in [1.165, 1.54) is 0 Å². The molecule has 2 fully saturated rings. The van der Waals surface area contributed by atoms with Gasteiger partial charge < -0.3 is 9.84 Å². The fourth-order valence-electron chi connectivity index (χ4n) is 2.68. The van der Waals surface area contributed by atoms with Crippen LogP contribution >= 0.6 is 0 Å². The Morgan fingerprint density at radius 1 is 1.50 bits per heavy atom. The highest BCUT2D eigenvalue weighted by atomic mass is 16.5. The lowest BCUT2D eigenvalue weighted by Crippen LogP contribution is -2.56. The number of ether oxygens (including phenoxy) is 1. The molecule has 1 N–H and O–H groups in total. The summed E-state index contributed by atoms with van der Waals surface area (Å²) in [6.45, 7) is 4.48. The number of hydrogen-bond acceptors (Lipinski definition) is 3. The average Bonchev–Trinajstić information content (AvgIpc) is 2.15. The highest BCUT2D eigenvalue weighted by Crippen LogP contribution is 2.27. The predicted octanol–water partition coefficient (Wildman–Crippen LogP) is 1.35. The monoisotopic (exact) mass is 227 g/mol. The summed E-state index contributed by atoms with van der Waals surface area (Å²) in [4.78, 5) is 13.0. The van der Waals surface area contributed by atoms with Crippen molar-refractivity contribution < 1.29 is 14.6 Å². The van der Waals surface area contributed by atoms with Crippen molar-refractivity contribution in [2.75, 3.05) is 19.7 Å². The maximum atomic E-state index is 10.7. The minimum atomic E-state index is -0.645. The molecule has 2 aliphatic heterocycles. The molecule has 0 aliphatic carbocycles. The summed E-state index contributed by atoms with van der Waals surface area (Å²) in [6.07, 6.45) is 4.84. The second kappa shape index (κ2) is 5.15. The van der Waals surface area contributed by atoms with Gasteiger partial charge in [0.1, 0.15) is 0 Å². The third-order valence-electron chi connectivity index (χ3n) is 3.73. The summed E-state index contributed by atoms with van der Waals surface area (Å²) in [7, 11) is 0. The SMILES string of the molecule is CCCC1CC(N2CC(C(=O)O)C2)CCO1. The molecule has 0 aromatic rings. The van der Waals surface area contributed by atoms with Gasteiger partial charge in [-0.05, 0) is 19.3 Å². The molecule has 16 heavy (non-hydrogen) atoms. The Hall–Kier alpha value is -0.610. The van der Waals surface area contributed by atoms with Gasteiger partial charge in [0.15, 0.2) is 0 Å². The second-order valence-electron chi connectivity index (χ2n) is 4.95. The van der Waals surface area contributed by atoms with Crippen molar-refractivity contribution in [2.45, 2.75) is 44.8 Å². The van der Waals surface area contributed by atoms with E-state index in [1.54, 1.807) is 0 Å². The Labute approximate surface area is 96.6 Å². The molecule has 2 saturated heterocycles. The Morgan fingerprint density at radius 3 is 2.88 bits per heavy atom. The van der Waals surface area contributed by atoms with Crippen LogP contribution in [0.3, 0.4) is 0 Å². The quantitative estimate of drug-likeness (QED) is 0.787. The number of likely N-dealkylation sites (tertiary alicyclic amines) is 1. The van der Waals surface area contributed by atoms with Crippen molar-refractivity contribution in [2.24, 2.45) is 5.92 Å². The minimum absolute atomic E-state index is 0.132. The first-order valence-electron chi connectivity index (χ1n) is 6.29. The van der Waals surface area contributed by atoms with E-state index in [0.717, 1.165) is 45.4 Å². The Balaban J connectivity index is 1.76. The summed E-state index contributed by atoms with van der Waals surface area (Å²) in [6, 6.07) is 0.556. The number of carboxylic acids is 1. The van der Waals surface area contributed by atoms with Crippen LogP contribution in [0, 0.1) is 5.92 Å². The summed E-state index contributed by atoms with van der Waals surface area (Å²) in [5, 5.41) is 8.83. The molecule has 0 bridgehead atoms. The number of carboxylic acid groups (broad SMARTS) is 1. The summed E-state index contributed by atoms with van der Waals surface area (Å²) in [5.41, 5.74) is 0. The van der Waals surface area contributed by atoms with Crippen LogP contribution < -0.4 is 0 Å². The first-order valence-corrected chi connectivity index (χ1v) is 6.29. The molecule has 2 atom stereocenters. The molecule has 2 aliphatic rings. The zero-order valence-electron chi connectivity index (χ0n) is 9.89. The number of hydrogen-bond donors (Lipinski definition) is 1. The third-order valence-corrected chi connectivity index (χ3v) is 3.73. The van der Waals surface area contributed by atoms with E-state index in [1.807, 2.05) is 0 Å². The molecule has 4 heteroatoms. The van der Waals surface area contributed by atoms with Gasteiger partial charge >= 0.3 is 5.97 Å². The lowest BCUT2D eigenvalue weighted by atomic mass is 9.92. The summed E-state index contributed by atoms with van der Waals surface area (Å²) < 4.78 is 5.70. The standard InChI is InChI=1S/C12H21NO3/c1-2-3-11-6-10(4-5-16-11)13-7-9(8-13)12(14)15/h9-11H,2-8H2,1H3,(H,14,15). The highest BCUT2D eigenvalue weighted by molar-refractivity contribution is 5.71. The Kier molecular flexibility index (Phi) is 3.82. The first kappa shape index (κ1) is 11.9. The topological polar surface area (TPSA) is 49.8 Å². The van der Waals surface area contributed by atoms with Crippen LogP contribution in [0.15, 0.2) is 0 Å². The van der Waals surface area contributed by atoms with E-state index in [2.05, 4.69) is 11.8 Å². The van der Waals surface area contributed by atoms with Gasteiger partial charge in [0.2, 0.25) is 0 Å². The van der Waals surface area contributed by atoms with Gasteiger partial charge in [0.05, 0.1) is 12.0 Å².